The number of halogens is 1. The topological polar surface area (TPSA) is 52.5 Å². The van der Waals surface area contributed by atoms with Crippen molar-refractivity contribution >= 4 is 43.4 Å². The maximum absolute atomic E-state index is 12.7. The Morgan fingerprint density at radius 3 is 2.92 bits per heavy atom. The number of carbonyl (C=O) groups is 1. The predicted octanol–water partition coefficient (Wildman–Crippen LogP) is 4.38. The lowest BCUT2D eigenvalue weighted by Crippen LogP contribution is -2.27. The van der Waals surface area contributed by atoms with Crippen LogP contribution in [0.25, 0.3) is 10.2 Å². The number of aromatic nitrogens is 1. The van der Waals surface area contributed by atoms with Gasteiger partial charge in [0, 0.05) is 13.1 Å². The van der Waals surface area contributed by atoms with Gasteiger partial charge in [-0.3, -0.25) is 4.79 Å². The average molecular weight is 433 g/mol. The minimum atomic E-state index is -0.00262. The van der Waals surface area contributed by atoms with Crippen LogP contribution in [0.3, 0.4) is 0 Å². The first-order valence-electron chi connectivity index (χ1n) is 8.62. The van der Waals surface area contributed by atoms with Gasteiger partial charge in [-0.15, -0.1) is 11.3 Å². The van der Waals surface area contributed by atoms with Crippen LogP contribution in [0.2, 0.25) is 0 Å². The summed E-state index contributed by atoms with van der Waals surface area (Å²) in [5.74, 6) is 2.19. The maximum atomic E-state index is 12.7. The second kappa shape index (κ2) is 6.32. The van der Waals surface area contributed by atoms with Gasteiger partial charge in [0.2, 0.25) is 6.79 Å². The molecule has 1 saturated carbocycles. The number of carbonyl (C=O) groups excluding carboxylic acids is 1. The first-order valence-corrected chi connectivity index (χ1v) is 10.2. The number of ether oxygens (including phenoxy) is 2. The van der Waals surface area contributed by atoms with E-state index in [-0.39, 0.29) is 12.7 Å². The van der Waals surface area contributed by atoms with Gasteiger partial charge >= 0.3 is 0 Å². The Morgan fingerprint density at radius 2 is 2.08 bits per heavy atom. The molecule has 7 heteroatoms. The molecule has 1 aliphatic heterocycles. The standard InChI is InChI=1S/C19H17BrN2O3S/c20-18-7-13-17(26-18)6-14(19(23)21-8-11-1-2-11)22(13)9-12-3-4-15-16(5-12)25-10-24-15/h3-7,11H,1-2,8-10H2,(H,21,23). The van der Waals surface area contributed by atoms with Crippen LogP contribution >= 0.6 is 27.3 Å². The number of benzene rings is 1. The van der Waals surface area contributed by atoms with Crippen LogP contribution in [0.15, 0.2) is 34.1 Å². The molecular formula is C19H17BrN2O3S. The van der Waals surface area contributed by atoms with Crippen LogP contribution < -0.4 is 14.8 Å². The number of thiophene rings is 1. The second-order valence-corrected chi connectivity index (χ2v) is 9.22. The van der Waals surface area contributed by atoms with Crippen molar-refractivity contribution < 1.29 is 14.3 Å². The molecule has 134 valence electrons. The highest BCUT2D eigenvalue weighted by molar-refractivity contribution is 9.11. The molecule has 3 heterocycles. The lowest BCUT2D eigenvalue weighted by atomic mass is 10.2. The van der Waals surface area contributed by atoms with Crippen LogP contribution in [-0.4, -0.2) is 23.8 Å². The van der Waals surface area contributed by atoms with E-state index in [1.807, 2.05) is 24.3 Å². The summed E-state index contributed by atoms with van der Waals surface area (Å²) in [6, 6.07) is 9.99. The number of nitrogens with zero attached hydrogens (tertiary/aromatic N) is 1. The van der Waals surface area contributed by atoms with E-state index in [1.165, 1.54) is 12.8 Å². The third kappa shape index (κ3) is 2.99. The molecule has 2 aliphatic rings. The van der Waals surface area contributed by atoms with Gasteiger partial charge in [0.15, 0.2) is 11.5 Å². The third-order valence-electron chi connectivity index (χ3n) is 4.82. The highest BCUT2D eigenvalue weighted by Crippen LogP contribution is 2.35. The van der Waals surface area contributed by atoms with E-state index in [9.17, 15) is 4.79 Å². The molecule has 1 fully saturated rings. The predicted molar refractivity (Wildman–Crippen MR) is 104 cm³/mol. The Bertz CT molecular complexity index is 1010. The van der Waals surface area contributed by atoms with E-state index in [2.05, 4.69) is 31.9 Å². The van der Waals surface area contributed by atoms with Gasteiger partial charge in [-0.1, -0.05) is 6.07 Å². The number of hydrogen-bond acceptors (Lipinski definition) is 4. The zero-order chi connectivity index (χ0) is 17.7. The molecule has 0 bridgehead atoms. The highest BCUT2D eigenvalue weighted by Gasteiger charge is 2.24. The Balaban J connectivity index is 1.49. The number of amides is 1. The number of fused-ring (bicyclic) bond motifs is 2. The van der Waals surface area contributed by atoms with Crippen LogP contribution in [0, 0.1) is 5.92 Å². The normalized spacial score (nSPS) is 15.6. The van der Waals surface area contributed by atoms with Crippen molar-refractivity contribution in [2.75, 3.05) is 13.3 Å². The summed E-state index contributed by atoms with van der Waals surface area (Å²) in [6.45, 7) is 1.64. The number of rotatable bonds is 5. The summed E-state index contributed by atoms with van der Waals surface area (Å²) in [7, 11) is 0. The lowest BCUT2D eigenvalue weighted by molar-refractivity contribution is 0.0943. The summed E-state index contributed by atoms with van der Waals surface area (Å²) < 4.78 is 15.1. The summed E-state index contributed by atoms with van der Waals surface area (Å²) in [5.41, 5.74) is 2.85. The maximum Gasteiger partial charge on any atom is 0.267 e. The molecular weight excluding hydrogens is 416 g/mol. The molecule has 1 N–H and O–H groups in total. The van der Waals surface area contributed by atoms with Crippen molar-refractivity contribution in [3.8, 4) is 11.5 Å². The highest BCUT2D eigenvalue weighted by atomic mass is 79.9. The fourth-order valence-electron chi connectivity index (χ4n) is 3.24. The van der Waals surface area contributed by atoms with Crippen molar-refractivity contribution in [1.29, 1.82) is 0 Å². The van der Waals surface area contributed by atoms with Gasteiger partial charge in [-0.2, -0.15) is 0 Å². The van der Waals surface area contributed by atoms with Gasteiger partial charge in [-0.25, -0.2) is 0 Å². The molecule has 0 atom stereocenters. The SMILES string of the molecule is O=C(NCC1CC1)c1cc2sc(Br)cc2n1Cc1ccc2c(c1)OCO2. The third-order valence-corrected chi connectivity index (χ3v) is 6.39. The first kappa shape index (κ1) is 16.2. The van der Waals surface area contributed by atoms with Gasteiger partial charge in [0.25, 0.3) is 5.91 Å². The summed E-state index contributed by atoms with van der Waals surface area (Å²) >= 11 is 5.19. The molecule has 1 aliphatic carbocycles. The monoisotopic (exact) mass is 432 g/mol. The van der Waals surface area contributed by atoms with E-state index >= 15 is 0 Å². The van der Waals surface area contributed by atoms with Crippen LogP contribution in [0.4, 0.5) is 0 Å². The molecule has 1 aromatic carbocycles. The van der Waals surface area contributed by atoms with E-state index in [0.29, 0.717) is 18.2 Å². The second-order valence-electron chi connectivity index (χ2n) is 6.76. The molecule has 0 unspecified atom stereocenters. The molecule has 26 heavy (non-hydrogen) atoms. The Labute approximate surface area is 163 Å². The molecule has 0 saturated heterocycles. The first-order chi connectivity index (χ1) is 12.7. The largest absolute Gasteiger partial charge is 0.454 e. The van der Waals surface area contributed by atoms with Crippen molar-refractivity contribution in [1.82, 2.24) is 9.88 Å². The Kier molecular flexibility index (Phi) is 3.94. The summed E-state index contributed by atoms with van der Waals surface area (Å²) in [4.78, 5) is 12.7. The van der Waals surface area contributed by atoms with Crippen LogP contribution in [0.1, 0.15) is 28.9 Å². The van der Waals surface area contributed by atoms with E-state index in [0.717, 1.165) is 37.6 Å². The van der Waals surface area contributed by atoms with Crippen molar-refractivity contribution in [3.63, 3.8) is 0 Å². The van der Waals surface area contributed by atoms with Crippen LogP contribution in [0.5, 0.6) is 11.5 Å². The zero-order valence-electron chi connectivity index (χ0n) is 14.0. The number of hydrogen-bond donors (Lipinski definition) is 1. The smallest absolute Gasteiger partial charge is 0.267 e. The molecule has 0 spiro atoms. The van der Waals surface area contributed by atoms with E-state index < -0.39 is 0 Å². The molecule has 5 rings (SSSR count). The van der Waals surface area contributed by atoms with Gasteiger partial charge in [0.1, 0.15) is 5.69 Å². The van der Waals surface area contributed by atoms with Gasteiger partial charge in [-0.05, 0) is 64.5 Å². The van der Waals surface area contributed by atoms with Crippen molar-refractivity contribution in [3.05, 3.63) is 45.4 Å². The van der Waals surface area contributed by atoms with Crippen molar-refractivity contribution in [2.24, 2.45) is 5.92 Å². The van der Waals surface area contributed by atoms with Crippen LogP contribution in [-0.2, 0) is 6.54 Å². The van der Waals surface area contributed by atoms with Crippen molar-refractivity contribution in [2.45, 2.75) is 19.4 Å². The van der Waals surface area contributed by atoms with Gasteiger partial charge < -0.3 is 19.4 Å². The van der Waals surface area contributed by atoms with Gasteiger partial charge in [0.05, 0.1) is 14.0 Å². The quantitative estimate of drug-likeness (QED) is 0.650. The zero-order valence-corrected chi connectivity index (χ0v) is 16.4. The fourth-order valence-corrected chi connectivity index (χ4v) is 4.81. The minimum Gasteiger partial charge on any atom is -0.454 e. The minimum absolute atomic E-state index is 0.00262. The Hall–Kier alpha value is -1.99. The molecule has 3 aromatic rings. The summed E-state index contributed by atoms with van der Waals surface area (Å²) in [6.07, 6.45) is 2.45. The average Bonchev–Trinajstić information content (AvgIpc) is 3.07. The molecule has 0 radical (unpaired) electrons. The van der Waals surface area contributed by atoms with E-state index in [1.54, 1.807) is 11.3 Å². The molecule has 5 nitrogen and oxygen atoms in total. The Morgan fingerprint density at radius 1 is 1.23 bits per heavy atom. The fraction of sp³-hybridized carbons (Fsp3) is 0.316. The number of nitrogens with one attached hydrogen (secondary N) is 1. The molecule has 2 aromatic heterocycles. The summed E-state index contributed by atoms with van der Waals surface area (Å²) in [5, 5.41) is 3.08. The lowest BCUT2D eigenvalue weighted by Gasteiger charge is -2.11. The van der Waals surface area contributed by atoms with E-state index in [4.69, 9.17) is 9.47 Å². The molecule has 1 amide bonds.